The summed E-state index contributed by atoms with van der Waals surface area (Å²) in [4.78, 5) is 18.6. The van der Waals surface area contributed by atoms with Crippen LogP contribution in [0.25, 0.3) is 0 Å². The summed E-state index contributed by atoms with van der Waals surface area (Å²) in [5, 5.41) is 0. The molecule has 0 atom stereocenters. The molecule has 6 heavy (non-hydrogen) atoms. The van der Waals surface area contributed by atoms with Gasteiger partial charge in [-0.05, 0) is 0 Å². The van der Waals surface area contributed by atoms with Crippen LogP contribution in [0.2, 0.25) is 0 Å². The summed E-state index contributed by atoms with van der Waals surface area (Å²) >= 11 is 7.28. The minimum absolute atomic E-state index is 0. The van der Waals surface area contributed by atoms with Crippen LogP contribution in [0.5, 0.6) is 0 Å². The van der Waals surface area contributed by atoms with Crippen LogP contribution in [0.4, 0.5) is 0 Å². The van der Waals surface area contributed by atoms with E-state index < -0.39 is 5.69 Å². The first-order valence-electron chi connectivity index (χ1n) is 0.730. The number of hydrogen-bond acceptors (Lipinski definition) is 4. The Morgan fingerprint density at radius 1 is 1.50 bits per heavy atom. The fourth-order valence-electron chi connectivity index (χ4n) is 0. The van der Waals surface area contributed by atoms with Crippen LogP contribution in [0.1, 0.15) is 0 Å². The van der Waals surface area contributed by atoms with E-state index in [0.29, 0.717) is 0 Å². The van der Waals surface area contributed by atoms with Gasteiger partial charge in [-0.1, -0.05) is 0 Å². The van der Waals surface area contributed by atoms with E-state index >= 15 is 0 Å². The first-order chi connectivity index (χ1) is 2.00. The molecule has 0 spiro atoms. The molecule has 0 amide bonds. The largest absolute Gasteiger partial charge is 3.00 e. The minimum atomic E-state index is -3.72. The Kier molecular flexibility index (Phi) is 6.53. The Morgan fingerprint density at radius 3 is 1.50 bits per heavy atom. The van der Waals surface area contributed by atoms with Crippen LogP contribution in [0.15, 0.2) is 0 Å². The molecule has 0 fully saturated rings. The van der Waals surface area contributed by atoms with E-state index in [2.05, 4.69) is 24.1 Å². The van der Waals surface area contributed by atoms with Crippen LogP contribution in [0.3, 0.4) is 0 Å². The molecule has 0 N–H and O–H groups in total. The molecule has 0 aliphatic heterocycles. The van der Waals surface area contributed by atoms with Gasteiger partial charge in [0.1, 0.15) is 0 Å². The predicted molar refractivity (Wildman–Crippen MR) is 27.4 cm³/mol. The molecule has 0 saturated heterocycles. The van der Waals surface area contributed by atoms with Crippen molar-refractivity contribution in [3.8, 4) is 0 Å². The smallest absolute Gasteiger partial charge is 0.850 e. The van der Waals surface area contributed by atoms with E-state index in [9.17, 15) is 9.79 Å². The van der Waals surface area contributed by atoms with Gasteiger partial charge in [-0.25, -0.2) is 0 Å². The zero-order chi connectivity index (χ0) is 4.50. The van der Waals surface area contributed by atoms with Crippen LogP contribution < -0.4 is 9.79 Å². The molecular weight excluding hydrogens is 255 g/mol. The van der Waals surface area contributed by atoms with Gasteiger partial charge in [0.15, 0.2) is 0 Å². The van der Waals surface area contributed by atoms with Crippen molar-refractivity contribution >= 4 is 53.4 Å². The average Bonchev–Trinajstić information content (AvgIpc) is 0.722. The molecule has 0 aliphatic rings. The molecule has 0 unspecified atom stereocenters. The standard InChI is InChI=1S/H3O2PS2.Te/c1-3(2,4)5;/h(H3,1,2,4,5);/q;+3/p-3. The maximum atomic E-state index is 9.29. The predicted octanol–water partition coefficient (Wildman–Crippen LogP) is -1.90. The molecule has 3 radical (unpaired) electrons. The first kappa shape index (κ1) is 10.6. The van der Waals surface area contributed by atoms with Crippen molar-refractivity contribution in [3.05, 3.63) is 0 Å². The third kappa shape index (κ3) is 43.3. The molecule has 6 heteroatoms. The summed E-state index contributed by atoms with van der Waals surface area (Å²) in [5.41, 5.74) is -3.72. The fraction of sp³-hybridized carbons (Fsp3) is 0. The van der Waals surface area contributed by atoms with E-state index in [1.165, 1.54) is 0 Å². The first-order valence-corrected chi connectivity index (χ1v) is 4.38. The Labute approximate surface area is 63.0 Å². The normalized spacial score (nSPS) is 9.83. The fourth-order valence-corrected chi connectivity index (χ4v) is 0. The summed E-state index contributed by atoms with van der Waals surface area (Å²) in [6.07, 6.45) is 0. The molecule has 0 aromatic rings. The summed E-state index contributed by atoms with van der Waals surface area (Å²) in [6, 6.07) is 0. The second kappa shape index (κ2) is 3.68. The molecule has 0 bridgehead atoms. The maximum absolute atomic E-state index is 9.29. The van der Waals surface area contributed by atoms with Crippen LogP contribution >= 0.6 is 5.69 Å². The molecule has 0 heterocycles. The quantitative estimate of drug-likeness (QED) is 0.288. The van der Waals surface area contributed by atoms with Crippen molar-refractivity contribution in [1.82, 2.24) is 0 Å². The third-order valence-corrected chi connectivity index (χ3v) is 0. The van der Waals surface area contributed by atoms with Gasteiger partial charge in [0.05, 0.1) is 0 Å². The Bertz CT molecular complexity index is 57.7. The van der Waals surface area contributed by atoms with Gasteiger partial charge in [-0.3, -0.25) is 0 Å². The monoisotopic (exact) mass is 257 g/mol. The third-order valence-electron chi connectivity index (χ3n) is 0. The van der Waals surface area contributed by atoms with Crippen LogP contribution in [-0.4, -0.2) is 23.7 Å². The summed E-state index contributed by atoms with van der Waals surface area (Å²) in [6.45, 7) is 0. The maximum Gasteiger partial charge on any atom is 3.00 e. The van der Waals surface area contributed by atoms with Gasteiger partial charge in [0.2, 0.25) is 0 Å². The molecule has 0 rings (SSSR count). The van der Waals surface area contributed by atoms with E-state index in [0.717, 1.165) is 0 Å². The van der Waals surface area contributed by atoms with Gasteiger partial charge in [-0.2, -0.15) is 11.8 Å². The van der Waals surface area contributed by atoms with Gasteiger partial charge >= 0.3 is 23.7 Å². The summed E-state index contributed by atoms with van der Waals surface area (Å²) in [5.74, 6) is 0. The van der Waals surface area contributed by atoms with Gasteiger partial charge < -0.3 is 27.7 Å². The van der Waals surface area contributed by atoms with Crippen molar-refractivity contribution in [2.45, 2.75) is 0 Å². The summed E-state index contributed by atoms with van der Waals surface area (Å²) in [7, 11) is 0. The molecule has 35 valence electrons. The van der Waals surface area contributed by atoms with E-state index in [1.807, 2.05) is 0 Å². The van der Waals surface area contributed by atoms with Crippen molar-refractivity contribution in [3.63, 3.8) is 0 Å². The molecule has 0 aromatic carbocycles. The van der Waals surface area contributed by atoms with E-state index in [1.54, 1.807) is 0 Å². The molecule has 0 aromatic heterocycles. The van der Waals surface area contributed by atoms with Gasteiger partial charge in [0, 0.05) is 0 Å². The van der Waals surface area contributed by atoms with Crippen molar-refractivity contribution in [2.24, 2.45) is 0 Å². The Hall–Kier alpha value is 1.71. The van der Waals surface area contributed by atoms with Crippen LogP contribution in [0, 0.1) is 0 Å². The number of rotatable bonds is 0. The second-order valence-electron chi connectivity index (χ2n) is 0.447. The molecular formula is O2PS2Te. The topological polar surface area (TPSA) is 46.1 Å². The Balaban J connectivity index is 0. The summed E-state index contributed by atoms with van der Waals surface area (Å²) < 4.78 is 0. The molecule has 0 saturated carbocycles. The zero-order valence-electron chi connectivity index (χ0n) is 2.49. The molecule has 2 nitrogen and oxygen atoms in total. The second-order valence-corrected chi connectivity index (χ2v) is 4.92. The van der Waals surface area contributed by atoms with Crippen molar-refractivity contribution < 1.29 is 9.79 Å². The van der Waals surface area contributed by atoms with Gasteiger partial charge in [0.25, 0.3) is 0 Å². The Morgan fingerprint density at radius 2 is 1.50 bits per heavy atom. The minimum Gasteiger partial charge on any atom is -0.850 e. The number of hydrogen-bond donors (Lipinski definition) is 0. The molecule has 0 aliphatic carbocycles. The van der Waals surface area contributed by atoms with Crippen molar-refractivity contribution in [1.29, 1.82) is 0 Å². The van der Waals surface area contributed by atoms with Gasteiger partial charge in [-0.15, -0.1) is 0 Å². The van der Waals surface area contributed by atoms with Crippen molar-refractivity contribution in [2.75, 3.05) is 0 Å². The van der Waals surface area contributed by atoms with E-state index in [4.69, 9.17) is 0 Å². The average molecular weight is 255 g/mol. The van der Waals surface area contributed by atoms with E-state index in [-0.39, 0.29) is 23.7 Å². The van der Waals surface area contributed by atoms with Crippen LogP contribution in [-0.2, 0) is 24.1 Å². The SMILES string of the molecule is [O-]P([O-])(=S)[S-].[Te+3]. The zero-order valence-corrected chi connectivity index (χ0v) is 7.35.